The number of aromatic carboxylic acids is 1. The van der Waals surface area contributed by atoms with Gasteiger partial charge in [0.15, 0.2) is 0 Å². The van der Waals surface area contributed by atoms with Crippen LogP contribution >= 0.6 is 0 Å². The predicted molar refractivity (Wildman–Crippen MR) is 117 cm³/mol. The van der Waals surface area contributed by atoms with Crippen LogP contribution in [0.5, 0.6) is 0 Å². The van der Waals surface area contributed by atoms with Crippen molar-refractivity contribution in [3.63, 3.8) is 0 Å². The molecule has 0 saturated heterocycles. The first-order chi connectivity index (χ1) is 14.8. The van der Waals surface area contributed by atoms with E-state index < -0.39 is 16.0 Å². The number of aryl methyl sites for hydroxylation is 1. The summed E-state index contributed by atoms with van der Waals surface area (Å²) in [6, 6.07) is 16.7. The Morgan fingerprint density at radius 3 is 2.58 bits per heavy atom. The minimum Gasteiger partial charge on any atom is -0.477 e. The fraction of sp³-hybridized carbons (Fsp3) is 0.0435. The van der Waals surface area contributed by atoms with Crippen molar-refractivity contribution in [3.8, 4) is 11.8 Å². The van der Waals surface area contributed by atoms with Gasteiger partial charge in [0, 0.05) is 36.0 Å². The fourth-order valence-electron chi connectivity index (χ4n) is 3.15. The van der Waals surface area contributed by atoms with E-state index in [1.807, 2.05) is 18.3 Å². The zero-order valence-corrected chi connectivity index (χ0v) is 17.2. The van der Waals surface area contributed by atoms with Crippen molar-refractivity contribution in [2.24, 2.45) is 7.05 Å². The van der Waals surface area contributed by atoms with Crippen molar-refractivity contribution in [3.05, 3.63) is 89.9 Å². The molecule has 0 aliphatic carbocycles. The zero-order valence-electron chi connectivity index (χ0n) is 16.4. The number of carboxylic acids is 1. The van der Waals surface area contributed by atoms with E-state index in [4.69, 9.17) is 5.11 Å². The van der Waals surface area contributed by atoms with Crippen molar-refractivity contribution < 1.29 is 18.3 Å². The van der Waals surface area contributed by atoms with Crippen LogP contribution in [0.25, 0.3) is 10.9 Å². The van der Waals surface area contributed by atoms with Crippen molar-refractivity contribution >= 4 is 32.6 Å². The average molecular weight is 431 g/mol. The maximum absolute atomic E-state index is 13.2. The lowest BCUT2D eigenvalue weighted by Crippen LogP contribution is -2.15. The van der Waals surface area contributed by atoms with Crippen molar-refractivity contribution in [1.82, 2.24) is 9.55 Å². The van der Waals surface area contributed by atoms with E-state index >= 15 is 0 Å². The number of anilines is 1. The first-order valence-corrected chi connectivity index (χ1v) is 10.7. The Kier molecular flexibility index (Phi) is 5.19. The second-order valence-electron chi connectivity index (χ2n) is 6.76. The van der Waals surface area contributed by atoms with E-state index in [0.717, 1.165) is 5.39 Å². The van der Waals surface area contributed by atoms with Gasteiger partial charge in [0.2, 0.25) is 0 Å². The Hall–Kier alpha value is -4.09. The van der Waals surface area contributed by atoms with Gasteiger partial charge in [-0.1, -0.05) is 36.1 Å². The number of hydrogen-bond acceptors (Lipinski definition) is 4. The van der Waals surface area contributed by atoms with Crippen LogP contribution < -0.4 is 4.72 Å². The number of sulfonamides is 1. The van der Waals surface area contributed by atoms with Crippen LogP contribution in [-0.4, -0.2) is 29.0 Å². The van der Waals surface area contributed by atoms with E-state index in [9.17, 15) is 13.2 Å². The Morgan fingerprint density at radius 1 is 1.03 bits per heavy atom. The lowest BCUT2D eigenvalue weighted by molar-refractivity contribution is 0.0690. The molecule has 4 rings (SSSR count). The van der Waals surface area contributed by atoms with Crippen LogP contribution in [-0.2, 0) is 17.1 Å². The molecule has 2 heterocycles. The lowest BCUT2D eigenvalue weighted by Gasteiger charge is -2.12. The van der Waals surface area contributed by atoms with Crippen LogP contribution in [0, 0.1) is 11.8 Å². The van der Waals surface area contributed by atoms with E-state index in [1.165, 1.54) is 12.3 Å². The largest absolute Gasteiger partial charge is 0.477 e. The molecule has 0 fully saturated rings. The first-order valence-electron chi connectivity index (χ1n) is 9.22. The molecule has 0 spiro atoms. The van der Waals surface area contributed by atoms with E-state index in [1.54, 1.807) is 54.1 Å². The quantitative estimate of drug-likeness (QED) is 0.482. The van der Waals surface area contributed by atoms with E-state index in [0.29, 0.717) is 22.3 Å². The second kappa shape index (κ2) is 7.97. The Morgan fingerprint density at radius 2 is 1.84 bits per heavy atom. The fourth-order valence-corrected chi connectivity index (χ4v) is 4.50. The predicted octanol–water partition coefficient (Wildman–Crippen LogP) is 3.47. The van der Waals surface area contributed by atoms with Crippen LogP contribution in [0.2, 0.25) is 0 Å². The Balaban J connectivity index is 1.68. The Bertz CT molecular complexity index is 1460. The molecule has 2 aromatic carbocycles. The standard InChI is InChI=1S/C23H17N3O4S/c1-26-14-13-18-6-4-8-21(22(18)26)31(29,30)25-19-7-3-2-5-17(19)11-9-16-10-12-20(23(27)28)24-15-16/h2-8,10,12-15,25H,1H3,(H,27,28). The third kappa shape index (κ3) is 4.13. The number of aromatic nitrogens is 2. The summed E-state index contributed by atoms with van der Waals surface area (Å²) in [5.41, 5.74) is 1.87. The summed E-state index contributed by atoms with van der Waals surface area (Å²) in [4.78, 5) is 14.9. The van der Waals surface area contributed by atoms with Gasteiger partial charge in [-0.25, -0.2) is 18.2 Å². The molecule has 31 heavy (non-hydrogen) atoms. The summed E-state index contributed by atoms with van der Waals surface area (Å²) in [6.45, 7) is 0. The minimum absolute atomic E-state index is 0.0754. The molecule has 0 aliphatic heterocycles. The zero-order chi connectivity index (χ0) is 22.0. The molecule has 0 radical (unpaired) electrons. The summed E-state index contributed by atoms with van der Waals surface area (Å²) in [6.07, 6.45) is 3.17. The molecule has 0 unspecified atom stereocenters. The third-order valence-corrected chi connectivity index (χ3v) is 6.04. The summed E-state index contributed by atoms with van der Waals surface area (Å²) in [5.74, 6) is 4.69. The summed E-state index contributed by atoms with van der Waals surface area (Å²) in [7, 11) is -2.07. The highest BCUT2D eigenvalue weighted by molar-refractivity contribution is 7.93. The van der Waals surface area contributed by atoms with Gasteiger partial charge in [0.05, 0.1) is 11.2 Å². The van der Waals surface area contributed by atoms with Crippen LogP contribution in [0.3, 0.4) is 0 Å². The normalized spacial score (nSPS) is 11.0. The van der Waals surface area contributed by atoms with Gasteiger partial charge in [-0.3, -0.25) is 4.72 Å². The number of benzene rings is 2. The summed E-state index contributed by atoms with van der Waals surface area (Å²) in [5, 5.41) is 9.76. The summed E-state index contributed by atoms with van der Waals surface area (Å²) < 4.78 is 30.7. The van der Waals surface area contributed by atoms with Gasteiger partial charge < -0.3 is 9.67 Å². The molecule has 2 N–H and O–H groups in total. The number of rotatable bonds is 4. The van der Waals surface area contributed by atoms with E-state index in [2.05, 4.69) is 21.5 Å². The van der Waals surface area contributed by atoms with Gasteiger partial charge in [-0.15, -0.1) is 0 Å². The number of nitrogens with one attached hydrogen (secondary N) is 1. The molecule has 0 amide bonds. The molecule has 4 aromatic rings. The monoisotopic (exact) mass is 431 g/mol. The minimum atomic E-state index is -3.87. The lowest BCUT2D eigenvalue weighted by atomic mass is 10.1. The highest BCUT2D eigenvalue weighted by atomic mass is 32.2. The Labute approximate surface area is 179 Å². The number of carbonyl (C=O) groups is 1. The first kappa shape index (κ1) is 20.2. The van der Waals surface area contributed by atoms with Crippen LogP contribution in [0.1, 0.15) is 21.6 Å². The third-order valence-electron chi connectivity index (χ3n) is 4.65. The van der Waals surface area contributed by atoms with Gasteiger partial charge in [-0.2, -0.15) is 0 Å². The molecule has 7 nitrogen and oxygen atoms in total. The molecule has 0 aliphatic rings. The summed E-state index contributed by atoms with van der Waals surface area (Å²) >= 11 is 0. The van der Waals surface area contributed by atoms with Crippen LogP contribution in [0.15, 0.2) is 78.0 Å². The number of nitrogens with zero attached hydrogens (tertiary/aromatic N) is 2. The number of carboxylic acid groups (broad SMARTS) is 1. The average Bonchev–Trinajstić information content (AvgIpc) is 3.14. The number of pyridine rings is 1. The molecule has 8 heteroatoms. The van der Waals surface area contributed by atoms with Gasteiger partial charge in [0.1, 0.15) is 10.6 Å². The molecule has 154 valence electrons. The topological polar surface area (TPSA) is 101 Å². The maximum atomic E-state index is 13.2. The highest BCUT2D eigenvalue weighted by Gasteiger charge is 2.20. The van der Waals surface area contributed by atoms with Gasteiger partial charge in [0.25, 0.3) is 10.0 Å². The maximum Gasteiger partial charge on any atom is 0.354 e. The van der Waals surface area contributed by atoms with Gasteiger partial charge >= 0.3 is 5.97 Å². The molecule has 0 atom stereocenters. The van der Waals surface area contributed by atoms with Crippen molar-refractivity contribution in [1.29, 1.82) is 0 Å². The number of para-hydroxylation sites is 2. The van der Waals surface area contributed by atoms with Crippen LogP contribution in [0.4, 0.5) is 5.69 Å². The molecular weight excluding hydrogens is 414 g/mol. The number of hydrogen-bond donors (Lipinski definition) is 2. The molecule has 0 saturated carbocycles. The SMILES string of the molecule is Cn1ccc2cccc(S(=O)(=O)Nc3ccccc3C#Cc3ccc(C(=O)O)nc3)c21. The molecular formula is C23H17N3O4S. The van der Waals surface area contributed by atoms with Crippen molar-refractivity contribution in [2.45, 2.75) is 4.90 Å². The van der Waals surface area contributed by atoms with E-state index in [-0.39, 0.29) is 10.6 Å². The van der Waals surface area contributed by atoms with Crippen molar-refractivity contribution in [2.75, 3.05) is 4.72 Å². The smallest absolute Gasteiger partial charge is 0.354 e. The number of fused-ring (bicyclic) bond motifs is 1. The second-order valence-corrected chi connectivity index (χ2v) is 8.41. The molecule has 2 aromatic heterocycles. The highest BCUT2D eigenvalue weighted by Crippen LogP contribution is 2.26. The van der Waals surface area contributed by atoms with Gasteiger partial charge in [-0.05, 0) is 36.4 Å². The molecule has 0 bridgehead atoms.